The van der Waals surface area contributed by atoms with Gasteiger partial charge in [0.2, 0.25) is 0 Å². The first-order valence-electron chi connectivity index (χ1n) is 7.94. The highest BCUT2D eigenvalue weighted by Gasteiger charge is 2.32. The normalized spacial score (nSPS) is 24.6. The van der Waals surface area contributed by atoms with Gasteiger partial charge >= 0.3 is 0 Å². The molecule has 4 heteroatoms. The smallest absolute Gasteiger partial charge is 0.137 e. The number of halogens is 1. The zero-order chi connectivity index (χ0) is 14.7. The Kier molecular flexibility index (Phi) is 5.18. The van der Waals surface area contributed by atoms with Gasteiger partial charge in [0.15, 0.2) is 0 Å². The number of hydrogen-bond acceptors (Lipinski definition) is 3. The minimum atomic E-state index is -0.0544. The first-order chi connectivity index (χ1) is 10.2. The van der Waals surface area contributed by atoms with Crippen molar-refractivity contribution in [3.8, 4) is 0 Å². The number of hydrogen-bond donors (Lipinski definition) is 1. The molecular formula is C17H24FNS2. The highest BCUT2D eigenvalue weighted by Crippen LogP contribution is 2.41. The van der Waals surface area contributed by atoms with E-state index in [4.69, 9.17) is 0 Å². The molecule has 0 saturated heterocycles. The highest BCUT2D eigenvalue weighted by molar-refractivity contribution is 8.00. The lowest BCUT2D eigenvalue weighted by atomic mass is 9.87. The summed E-state index contributed by atoms with van der Waals surface area (Å²) in [6, 6.07) is 5.84. The van der Waals surface area contributed by atoms with E-state index in [9.17, 15) is 4.39 Å². The zero-order valence-electron chi connectivity index (χ0n) is 12.7. The van der Waals surface area contributed by atoms with Crippen LogP contribution in [0.15, 0.2) is 23.1 Å². The molecule has 1 fully saturated rings. The molecule has 3 rings (SSSR count). The van der Waals surface area contributed by atoms with Crippen LogP contribution in [0.25, 0.3) is 0 Å². The van der Waals surface area contributed by atoms with Crippen LogP contribution in [0, 0.1) is 5.82 Å². The van der Waals surface area contributed by atoms with Crippen LogP contribution >= 0.6 is 23.5 Å². The van der Waals surface area contributed by atoms with Gasteiger partial charge in [0.05, 0.1) is 0 Å². The van der Waals surface area contributed by atoms with E-state index in [2.05, 4.69) is 17.6 Å². The summed E-state index contributed by atoms with van der Waals surface area (Å²) in [6.45, 7) is 1.06. The van der Waals surface area contributed by atoms with Crippen LogP contribution in [0.3, 0.4) is 0 Å². The van der Waals surface area contributed by atoms with Crippen LogP contribution in [0.2, 0.25) is 0 Å². The summed E-state index contributed by atoms with van der Waals surface area (Å²) in [5.41, 5.74) is 1.17. The molecule has 1 heterocycles. The molecule has 0 radical (unpaired) electrons. The van der Waals surface area contributed by atoms with Gasteiger partial charge in [-0.15, -0.1) is 11.8 Å². The molecule has 0 bridgehead atoms. The van der Waals surface area contributed by atoms with E-state index in [-0.39, 0.29) is 5.82 Å². The fourth-order valence-electron chi connectivity index (χ4n) is 3.56. The Hall–Kier alpha value is -0.190. The molecule has 21 heavy (non-hydrogen) atoms. The third-order valence-corrected chi connectivity index (χ3v) is 7.47. The number of rotatable bonds is 4. The fraction of sp³-hybridized carbons (Fsp3) is 0.647. The van der Waals surface area contributed by atoms with Crippen LogP contribution in [0.5, 0.6) is 0 Å². The second kappa shape index (κ2) is 6.93. The first kappa shape index (κ1) is 15.7. The molecule has 1 unspecified atom stereocenters. The van der Waals surface area contributed by atoms with Gasteiger partial charge in [-0.25, -0.2) is 4.39 Å². The maximum Gasteiger partial charge on any atom is 0.137 e. The van der Waals surface area contributed by atoms with Crippen molar-refractivity contribution >= 4 is 23.5 Å². The van der Waals surface area contributed by atoms with E-state index >= 15 is 0 Å². The van der Waals surface area contributed by atoms with Crippen molar-refractivity contribution in [2.24, 2.45) is 0 Å². The van der Waals surface area contributed by atoms with E-state index in [0.29, 0.717) is 10.8 Å². The lowest BCUT2D eigenvalue weighted by Crippen LogP contribution is -2.41. The molecule has 1 nitrogen and oxygen atoms in total. The molecule has 0 spiro atoms. The molecule has 0 amide bonds. The van der Waals surface area contributed by atoms with Gasteiger partial charge in [-0.2, -0.15) is 11.8 Å². The third-order valence-electron chi connectivity index (χ3n) is 4.89. The van der Waals surface area contributed by atoms with Gasteiger partial charge in [-0.3, -0.25) is 0 Å². The minimum Gasteiger partial charge on any atom is -0.308 e. The molecule has 1 N–H and O–H groups in total. The van der Waals surface area contributed by atoms with Crippen LogP contribution < -0.4 is 5.32 Å². The molecule has 1 aliphatic heterocycles. The Morgan fingerprint density at radius 2 is 2.14 bits per heavy atom. The van der Waals surface area contributed by atoms with Crippen molar-refractivity contribution in [1.82, 2.24) is 5.32 Å². The van der Waals surface area contributed by atoms with Crippen molar-refractivity contribution in [3.63, 3.8) is 0 Å². The largest absolute Gasteiger partial charge is 0.308 e. The van der Waals surface area contributed by atoms with Crippen molar-refractivity contribution in [3.05, 3.63) is 29.6 Å². The second-order valence-corrected chi connectivity index (χ2v) is 8.56. The van der Waals surface area contributed by atoms with Gasteiger partial charge in [0.25, 0.3) is 0 Å². The first-order valence-corrected chi connectivity index (χ1v) is 10.1. The standard InChI is InChI=1S/C17H24FNS2/c1-20-17(9-3-2-4-10-17)12-19-15-8-11-21-16-13(15)6-5-7-14(16)18/h5-7,15,19H,2-4,8-12H2,1H3. The molecule has 1 aliphatic carbocycles. The van der Waals surface area contributed by atoms with Crippen LogP contribution in [0.4, 0.5) is 4.39 Å². The summed E-state index contributed by atoms with van der Waals surface area (Å²) in [5, 5.41) is 3.77. The monoisotopic (exact) mass is 325 g/mol. The summed E-state index contributed by atoms with van der Waals surface area (Å²) >= 11 is 3.69. The summed E-state index contributed by atoms with van der Waals surface area (Å²) < 4.78 is 14.3. The molecule has 1 aromatic rings. The van der Waals surface area contributed by atoms with Crippen molar-refractivity contribution in [2.75, 3.05) is 18.6 Å². The molecule has 1 aromatic carbocycles. The third kappa shape index (κ3) is 3.43. The molecule has 2 aliphatic rings. The second-order valence-electron chi connectivity index (χ2n) is 6.18. The Morgan fingerprint density at radius 1 is 1.33 bits per heavy atom. The molecular weight excluding hydrogens is 301 g/mol. The summed E-state index contributed by atoms with van der Waals surface area (Å²) in [7, 11) is 0. The van der Waals surface area contributed by atoms with E-state index in [1.54, 1.807) is 17.8 Å². The minimum absolute atomic E-state index is 0.0544. The van der Waals surface area contributed by atoms with Crippen LogP contribution in [-0.4, -0.2) is 23.3 Å². The van der Waals surface area contributed by atoms with Gasteiger partial charge in [-0.1, -0.05) is 31.4 Å². The molecule has 116 valence electrons. The zero-order valence-corrected chi connectivity index (χ0v) is 14.3. The van der Waals surface area contributed by atoms with Crippen LogP contribution in [0.1, 0.15) is 50.1 Å². The quantitative estimate of drug-likeness (QED) is 0.835. The lowest BCUT2D eigenvalue weighted by molar-refractivity contribution is 0.358. The maximum atomic E-state index is 13.9. The Morgan fingerprint density at radius 3 is 2.90 bits per heavy atom. The number of thioether (sulfide) groups is 2. The number of nitrogens with one attached hydrogen (secondary N) is 1. The van der Waals surface area contributed by atoms with Crippen molar-refractivity contribution < 1.29 is 4.39 Å². The van der Waals surface area contributed by atoms with Crippen LogP contribution in [-0.2, 0) is 0 Å². The van der Waals surface area contributed by atoms with Gasteiger partial charge in [-0.05, 0) is 42.9 Å². The average Bonchev–Trinajstić information content (AvgIpc) is 2.54. The van der Waals surface area contributed by atoms with E-state index in [1.807, 2.05) is 17.8 Å². The van der Waals surface area contributed by atoms with Gasteiger partial charge < -0.3 is 5.32 Å². The van der Waals surface area contributed by atoms with Gasteiger partial charge in [0, 0.05) is 22.2 Å². The Labute approximate surface area is 135 Å². The molecule has 1 atom stereocenters. The topological polar surface area (TPSA) is 12.0 Å². The predicted molar refractivity (Wildman–Crippen MR) is 91.8 cm³/mol. The van der Waals surface area contributed by atoms with Crippen molar-refractivity contribution in [2.45, 2.75) is 54.2 Å². The average molecular weight is 326 g/mol. The maximum absolute atomic E-state index is 13.9. The fourth-order valence-corrected chi connectivity index (χ4v) is 5.62. The number of fused-ring (bicyclic) bond motifs is 1. The molecule has 1 saturated carbocycles. The summed E-state index contributed by atoms with van der Waals surface area (Å²) in [5.74, 6) is 0.957. The van der Waals surface area contributed by atoms with Crippen molar-refractivity contribution in [1.29, 1.82) is 0 Å². The predicted octanol–water partition coefficient (Wildman–Crippen LogP) is 5.02. The number of benzene rings is 1. The lowest BCUT2D eigenvalue weighted by Gasteiger charge is -2.38. The van der Waals surface area contributed by atoms with Gasteiger partial charge in [0.1, 0.15) is 5.82 Å². The molecule has 0 aromatic heterocycles. The van der Waals surface area contributed by atoms with E-state index in [0.717, 1.165) is 23.6 Å². The Bertz CT molecular complexity index is 486. The highest BCUT2D eigenvalue weighted by atomic mass is 32.2. The Balaban J connectivity index is 1.70. The SMILES string of the molecule is CSC1(CNC2CCSc3c(F)cccc32)CCCCC1. The van der Waals surface area contributed by atoms with E-state index < -0.39 is 0 Å². The van der Waals surface area contributed by atoms with E-state index in [1.165, 1.54) is 37.7 Å². The summed E-state index contributed by atoms with van der Waals surface area (Å²) in [6.07, 6.45) is 10.1. The summed E-state index contributed by atoms with van der Waals surface area (Å²) in [4.78, 5) is 0.864.